The topological polar surface area (TPSA) is 31.5 Å². The summed E-state index contributed by atoms with van der Waals surface area (Å²) < 4.78 is 0. The molecule has 0 aliphatic heterocycles. The molecule has 0 aromatic rings. The first-order valence-electron chi connectivity index (χ1n) is 0. The van der Waals surface area contributed by atoms with Gasteiger partial charge in [0.15, 0.2) is 0 Å². The average molecular weight is 271 g/mol. The quantitative estimate of drug-likeness (QED) is 0.495. The van der Waals surface area contributed by atoms with Crippen LogP contribution in [0.4, 0.5) is 0 Å². The van der Waals surface area contributed by atoms with Gasteiger partial charge in [-0.3, -0.25) is 0 Å². The maximum Gasteiger partial charge on any atom is 0 e. The summed E-state index contributed by atoms with van der Waals surface area (Å²) in [5.74, 6) is 0. The Morgan fingerprint density at radius 2 is 1.00 bits per heavy atom. The molecule has 0 aromatic heterocycles. The minimum atomic E-state index is 0. The van der Waals surface area contributed by atoms with E-state index in [9.17, 15) is 0 Å². The van der Waals surface area contributed by atoms with Crippen molar-refractivity contribution in [1.29, 1.82) is 0 Å². The van der Waals surface area contributed by atoms with Gasteiger partial charge >= 0.3 is 0 Å². The second kappa shape index (κ2) is 16.6. The van der Waals surface area contributed by atoms with Crippen LogP contribution in [0.15, 0.2) is 0 Å². The molecule has 0 amide bonds. The Hall–Kier alpha value is 3.04. The normalized spacial score (nSPS) is 0. The van der Waals surface area contributed by atoms with Crippen LogP contribution in [0.2, 0.25) is 0 Å². The van der Waals surface area contributed by atoms with Crippen molar-refractivity contribution in [1.82, 2.24) is 0 Å². The Morgan fingerprint density at radius 3 is 1.00 bits per heavy atom. The van der Waals surface area contributed by atoms with E-state index in [2.05, 4.69) is 0 Å². The van der Waals surface area contributed by atoms with Crippen molar-refractivity contribution >= 4 is 29.6 Å². The van der Waals surface area contributed by atoms with Crippen LogP contribution in [0.3, 0.4) is 0 Å². The predicted octanol–water partition coefficient (Wildman–Crippen LogP) is -1.21. The van der Waals surface area contributed by atoms with Crippen LogP contribution in [0.1, 0.15) is 0 Å². The van der Waals surface area contributed by atoms with E-state index in [4.69, 9.17) is 0 Å². The molecule has 0 unspecified atom stereocenters. The molecule has 2 N–H and O–H groups in total. The molecule has 0 atom stereocenters. The summed E-state index contributed by atoms with van der Waals surface area (Å²) in [5, 5.41) is 0. The van der Waals surface area contributed by atoms with Crippen LogP contribution in [0.5, 0.6) is 0 Å². The molecule has 4 heteroatoms. The van der Waals surface area contributed by atoms with Crippen LogP contribution >= 0.6 is 0 Å². The molecule has 0 fully saturated rings. The molecule has 0 aliphatic carbocycles. The second-order valence-corrected chi connectivity index (χ2v) is 0. The maximum absolute atomic E-state index is 0. The van der Waals surface area contributed by atoms with Crippen molar-refractivity contribution in [3.8, 4) is 0 Å². The maximum atomic E-state index is 0. The smallest absolute Gasteiger partial charge is 0 e. The zero-order valence-corrected chi connectivity index (χ0v) is 10.7. The molecule has 16 valence electrons. The van der Waals surface area contributed by atoms with Gasteiger partial charge in [-0.15, -0.1) is 0 Å². The zero-order chi connectivity index (χ0) is 0. The molecule has 0 spiro atoms. The van der Waals surface area contributed by atoms with Crippen LogP contribution in [-0.2, 0) is 26.2 Å². The summed E-state index contributed by atoms with van der Waals surface area (Å²) in [6.07, 6.45) is 0. The van der Waals surface area contributed by atoms with Crippen molar-refractivity contribution in [3.05, 3.63) is 0 Å². The Bertz CT molecular complexity index is 8.00. The van der Waals surface area contributed by atoms with Crippen molar-refractivity contribution in [2.75, 3.05) is 0 Å². The van der Waals surface area contributed by atoms with Gasteiger partial charge in [-0.05, 0) is 0 Å². The van der Waals surface area contributed by atoms with E-state index in [-0.39, 0.29) is 96.8 Å². The van der Waals surface area contributed by atoms with E-state index in [0.717, 1.165) is 0 Å². The third-order valence-electron chi connectivity index (χ3n) is 0. The molecule has 4 heavy (non-hydrogen) atoms. The number of hydrogen-bond donors (Lipinski definition) is 0. The van der Waals surface area contributed by atoms with Gasteiger partial charge in [-0.25, -0.2) is 0 Å². The van der Waals surface area contributed by atoms with E-state index in [0.29, 0.717) is 0 Å². The Labute approximate surface area is 94.6 Å². The van der Waals surface area contributed by atoms with Gasteiger partial charge < -0.3 is 5.48 Å². The molecule has 2 radical (unpaired) electrons. The summed E-state index contributed by atoms with van der Waals surface area (Å²) in [5.41, 5.74) is 0. The molecule has 0 rings (SSSR count). The van der Waals surface area contributed by atoms with E-state index < -0.39 is 0 Å². The van der Waals surface area contributed by atoms with Crippen molar-refractivity contribution in [2.45, 2.75) is 0 Å². The largest absolute Gasteiger partial charge is 0.412 e. The van der Waals surface area contributed by atoms with Crippen molar-refractivity contribution in [2.24, 2.45) is 0 Å². The van der Waals surface area contributed by atoms with E-state index in [1.165, 1.54) is 0 Å². The van der Waals surface area contributed by atoms with Crippen molar-refractivity contribution in [3.63, 3.8) is 0 Å². The van der Waals surface area contributed by atoms with Crippen LogP contribution in [0.25, 0.3) is 0 Å². The first-order valence-corrected chi connectivity index (χ1v) is 0. The first kappa shape index (κ1) is 27.8. The van der Waals surface area contributed by atoms with Crippen molar-refractivity contribution < 1.29 is 67.3 Å². The Balaban J connectivity index is 0. The van der Waals surface area contributed by atoms with E-state index in [1.807, 2.05) is 0 Å². The fourth-order valence-electron chi connectivity index (χ4n) is 0. The monoisotopic (exact) mass is 270 g/mol. The van der Waals surface area contributed by atoms with Gasteiger partial charge in [-0.2, -0.15) is 0 Å². The predicted molar refractivity (Wildman–Crippen MR) is 9.37 cm³/mol. The van der Waals surface area contributed by atoms with Gasteiger partial charge in [0.05, 0.1) is 0 Å². The first-order chi connectivity index (χ1) is 0. The molecule has 1 nitrogen and oxygen atoms in total. The van der Waals surface area contributed by atoms with Crippen LogP contribution in [-0.4, -0.2) is 35.0 Å². The summed E-state index contributed by atoms with van der Waals surface area (Å²) in [6.45, 7) is 0. The minimum absolute atomic E-state index is 0. The number of hydrogen-bond acceptors (Lipinski definition) is 0. The SMILES string of the molecule is O.[La].[Na].[Zr]. The molecular weight excluding hydrogens is 269 g/mol. The van der Waals surface area contributed by atoms with Gasteiger partial charge in [0, 0.05) is 91.4 Å². The second-order valence-electron chi connectivity index (χ2n) is 0. The van der Waals surface area contributed by atoms with Gasteiger partial charge in [-0.1, -0.05) is 0 Å². The average Bonchev–Trinajstić information content (AvgIpc) is 0. The standard InChI is InChI=1S/La.Na.H2O.Zr/h;;1H2;. The Morgan fingerprint density at radius 1 is 1.00 bits per heavy atom. The number of rotatable bonds is 0. The Kier molecular flexibility index (Phi) is 115. The molecule has 0 aliphatic rings. The van der Waals surface area contributed by atoms with Crippen LogP contribution in [0, 0.1) is 35.6 Å². The molecule has 0 saturated carbocycles. The van der Waals surface area contributed by atoms with Gasteiger partial charge in [0.25, 0.3) is 0 Å². The summed E-state index contributed by atoms with van der Waals surface area (Å²) >= 11 is 0. The zero-order valence-electron chi connectivity index (χ0n) is 2.58. The molecule has 0 saturated heterocycles. The molecular formula is H2LaNaOZr. The molecule has 0 bridgehead atoms. The summed E-state index contributed by atoms with van der Waals surface area (Å²) in [7, 11) is 0. The van der Waals surface area contributed by atoms with Gasteiger partial charge in [0.1, 0.15) is 0 Å². The van der Waals surface area contributed by atoms with E-state index >= 15 is 0 Å². The third kappa shape index (κ3) is 8.90. The van der Waals surface area contributed by atoms with Gasteiger partial charge in [0.2, 0.25) is 0 Å². The minimum Gasteiger partial charge on any atom is -0.412 e. The van der Waals surface area contributed by atoms with E-state index in [1.54, 1.807) is 0 Å². The molecule has 0 heterocycles. The van der Waals surface area contributed by atoms with Crippen LogP contribution < -0.4 is 0 Å². The molecule has 0 aromatic carbocycles. The summed E-state index contributed by atoms with van der Waals surface area (Å²) in [4.78, 5) is 0. The summed E-state index contributed by atoms with van der Waals surface area (Å²) in [6, 6.07) is 0. The fourth-order valence-corrected chi connectivity index (χ4v) is 0. The third-order valence-corrected chi connectivity index (χ3v) is 0. The fraction of sp³-hybridized carbons (Fsp3) is 0.